The first-order chi connectivity index (χ1) is 20.8. The van der Waals surface area contributed by atoms with E-state index >= 15 is 0 Å². The fourth-order valence-electron chi connectivity index (χ4n) is 7.49. The van der Waals surface area contributed by atoms with Gasteiger partial charge in [0, 0.05) is 16.8 Å². The highest BCUT2D eigenvalue weighted by Crippen LogP contribution is 2.62. The van der Waals surface area contributed by atoms with Gasteiger partial charge in [0.15, 0.2) is 0 Å². The molecule has 1 aliphatic carbocycles. The van der Waals surface area contributed by atoms with Gasteiger partial charge in [-0.2, -0.15) is 0 Å². The molecular formula is C39H28N2O. The van der Waals surface area contributed by atoms with Crippen molar-refractivity contribution in [3.63, 3.8) is 0 Å². The van der Waals surface area contributed by atoms with Gasteiger partial charge in [0.25, 0.3) is 0 Å². The summed E-state index contributed by atoms with van der Waals surface area (Å²) in [7, 11) is 0. The summed E-state index contributed by atoms with van der Waals surface area (Å²) in [6.07, 6.45) is -0.0478. The molecule has 2 heterocycles. The average molecular weight is 541 g/mol. The molecule has 0 bridgehead atoms. The smallest absolute Gasteiger partial charge is 0.132 e. The molecule has 2 atom stereocenters. The van der Waals surface area contributed by atoms with Crippen molar-refractivity contribution in [2.75, 3.05) is 5.32 Å². The fourth-order valence-corrected chi connectivity index (χ4v) is 7.49. The summed E-state index contributed by atoms with van der Waals surface area (Å²) in [6, 6.07) is 52.4. The minimum atomic E-state index is -0.442. The van der Waals surface area contributed by atoms with Gasteiger partial charge < -0.3 is 10.1 Å². The highest BCUT2D eigenvalue weighted by Gasteiger charge is 2.51. The first-order valence-electron chi connectivity index (χ1n) is 14.6. The summed E-state index contributed by atoms with van der Waals surface area (Å²) in [5, 5.41) is 7.73. The highest BCUT2D eigenvalue weighted by atomic mass is 16.5. The van der Waals surface area contributed by atoms with Gasteiger partial charge in [0.05, 0.1) is 11.5 Å². The molecule has 9 rings (SSSR count). The summed E-state index contributed by atoms with van der Waals surface area (Å²) in [4.78, 5) is 0. The van der Waals surface area contributed by atoms with Crippen molar-refractivity contribution in [1.29, 1.82) is 0 Å². The van der Waals surface area contributed by atoms with Crippen LogP contribution in [-0.2, 0) is 5.41 Å². The minimum absolute atomic E-state index is 0.0478. The van der Waals surface area contributed by atoms with E-state index in [-0.39, 0.29) is 12.2 Å². The molecule has 3 aliphatic rings. The molecule has 2 unspecified atom stereocenters. The Balaban J connectivity index is 1.24. The molecule has 0 saturated heterocycles. The van der Waals surface area contributed by atoms with E-state index in [2.05, 4.69) is 156 Å². The second kappa shape index (κ2) is 8.94. The number of nitrogens with one attached hydrogen (secondary N) is 2. The predicted molar refractivity (Wildman–Crippen MR) is 168 cm³/mol. The maximum absolute atomic E-state index is 6.48. The van der Waals surface area contributed by atoms with Crippen molar-refractivity contribution in [2.24, 2.45) is 0 Å². The Morgan fingerprint density at radius 2 is 1.12 bits per heavy atom. The molecule has 0 aromatic heterocycles. The maximum Gasteiger partial charge on any atom is 0.132 e. The SMILES string of the molecule is c1ccc(C2NC(c3ccc4c(c3)-c3ccccc3C43c4ccccc4Oc4ccccc43)Nc3ccccc32)cc1. The van der Waals surface area contributed by atoms with E-state index in [1.165, 1.54) is 55.8 Å². The molecule has 6 aromatic carbocycles. The first kappa shape index (κ1) is 23.6. The molecular weight excluding hydrogens is 512 g/mol. The van der Waals surface area contributed by atoms with Gasteiger partial charge in [-0.15, -0.1) is 0 Å². The molecule has 2 aliphatic heterocycles. The number of para-hydroxylation sites is 3. The monoisotopic (exact) mass is 540 g/mol. The summed E-state index contributed by atoms with van der Waals surface area (Å²) in [5.74, 6) is 1.83. The van der Waals surface area contributed by atoms with Crippen LogP contribution < -0.4 is 15.4 Å². The van der Waals surface area contributed by atoms with Crippen LogP contribution in [0.3, 0.4) is 0 Å². The summed E-state index contributed by atoms with van der Waals surface area (Å²) >= 11 is 0. The number of anilines is 1. The molecule has 0 radical (unpaired) electrons. The lowest BCUT2D eigenvalue weighted by molar-refractivity contribution is 0.436. The van der Waals surface area contributed by atoms with Crippen LogP contribution >= 0.6 is 0 Å². The van der Waals surface area contributed by atoms with Gasteiger partial charge in [-0.05, 0) is 63.2 Å². The van der Waals surface area contributed by atoms with Crippen LogP contribution in [0.5, 0.6) is 11.5 Å². The molecule has 0 amide bonds. The second-order valence-corrected chi connectivity index (χ2v) is 11.4. The quantitative estimate of drug-likeness (QED) is 0.230. The Hall–Kier alpha value is -5.12. The van der Waals surface area contributed by atoms with Crippen LogP contribution in [0.15, 0.2) is 146 Å². The van der Waals surface area contributed by atoms with Gasteiger partial charge in [0.2, 0.25) is 0 Å². The molecule has 0 fully saturated rings. The molecule has 6 aromatic rings. The molecule has 3 nitrogen and oxygen atoms in total. The number of fused-ring (bicyclic) bond motifs is 10. The summed E-state index contributed by atoms with van der Waals surface area (Å²) in [5.41, 5.74) is 12.0. The molecule has 1 spiro atoms. The van der Waals surface area contributed by atoms with E-state index < -0.39 is 5.41 Å². The van der Waals surface area contributed by atoms with Crippen molar-refractivity contribution in [3.05, 3.63) is 185 Å². The van der Waals surface area contributed by atoms with E-state index in [9.17, 15) is 0 Å². The number of hydrogen-bond donors (Lipinski definition) is 2. The molecule has 42 heavy (non-hydrogen) atoms. The number of benzene rings is 6. The Labute approximate surface area is 245 Å². The zero-order chi connectivity index (χ0) is 27.7. The van der Waals surface area contributed by atoms with E-state index in [0.717, 1.165) is 11.5 Å². The molecule has 3 heteroatoms. The summed E-state index contributed by atoms with van der Waals surface area (Å²) < 4.78 is 6.48. The lowest BCUT2D eigenvalue weighted by Gasteiger charge is -2.39. The van der Waals surface area contributed by atoms with Crippen LogP contribution in [0.4, 0.5) is 5.69 Å². The largest absolute Gasteiger partial charge is 0.457 e. The Bertz CT molecular complexity index is 1950. The standard InChI is InChI=1S/C39H28N2O/c1-2-12-25(13-3-1)37-28-15-5-9-19-34(28)40-38(41-37)26-22-23-31-29(24-26)27-14-4-6-16-30(27)39(31)32-17-7-10-20-35(32)42-36-21-11-8-18-33(36)39/h1-24,37-38,40-41H. The predicted octanol–water partition coefficient (Wildman–Crippen LogP) is 8.96. The van der Waals surface area contributed by atoms with Crippen molar-refractivity contribution in [2.45, 2.75) is 17.6 Å². The zero-order valence-corrected chi connectivity index (χ0v) is 22.9. The van der Waals surface area contributed by atoms with Crippen molar-refractivity contribution in [3.8, 4) is 22.6 Å². The van der Waals surface area contributed by atoms with Gasteiger partial charge in [0.1, 0.15) is 17.7 Å². The average Bonchev–Trinajstić information content (AvgIpc) is 3.35. The summed E-state index contributed by atoms with van der Waals surface area (Å²) in [6.45, 7) is 0. The second-order valence-electron chi connectivity index (χ2n) is 11.4. The van der Waals surface area contributed by atoms with Gasteiger partial charge in [-0.1, -0.05) is 121 Å². The van der Waals surface area contributed by atoms with E-state index in [4.69, 9.17) is 4.74 Å². The van der Waals surface area contributed by atoms with Gasteiger partial charge >= 0.3 is 0 Å². The van der Waals surface area contributed by atoms with Crippen LogP contribution in [0.2, 0.25) is 0 Å². The normalized spacial score (nSPS) is 18.5. The minimum Gasteiger partial charge on any atom is -0.457 e. The third kappa shape index (κ3) is 3.20. The van der Waals surface area contributed by atoms with Crippen molar-refractivity contribution < 1.29 is 4.74 Å². The van der Waals surface area contributed by atoms with Crippen LogP contribution in [-0.4, -0.2) is 0 Å². The van der Waals surface area contributed by atoms with E-state index in [1.807, 2.05) is 0 Å². The highest BCUT2D eigenvalue weighted by molar-refractivity contribution is 5.88. The lowest BCUT2D eigenvalue weighted by atomic mass is 9.66. The number of hydrogen-bond acceptors (Lipinski definition) is 3. The lowest BCUT2D eigenvalue weighted by Crippen LogP contribution is -2.37. The fraction of sp³-hybridized carbons (Fsp3) is 0.0769. The van der Waals surface area contributed by atoms with Crippen LogP contribution in [0, 0.1) is 0 Å². The molecule has 0 saturated carbocycles. The van der Waals surface area contributed by atoms with Gasteiger partial charge in [-0.3, -0.25) is 5.32 Å². The van der Waals surface area contributed by atoms with Crippen molar-refractivity contribution in [1.82, 2.24) is 5.32 Å². The van der Waals surface area contributed by atoms with E-state index in [0.29, 0.717) is 0 Å². The third-order valence-corrected chi connectivity index (χ3v) is 9.24. The van der Waals surface area contributed by atoms with Gasteiger partial charge in [-0.25, -0.2) is 0 Å². The molecule has 200 valence electrons. The van der Waals surface area contributed by atoms with Crippen molar-refractivity contribution >= 4 is 5.69 Å². The van der Waals surface area contributed by atoms with Crippen LogP contribution in [0.1, 0.15) is 51.2 Å². The zero-order valence-electron chi connectivity index (χ0n) is 22.9. The number of rotatable bonds is 2. The maximum atomic E-state index is 6.48. The number of ether oxygens (including phenoxy) is 1. The molecule has 2 N–H and O–H groups in total. The Morgan fingerprint density at radius 3 is 1.90 bits per heavy atom. The third-order valence-electron chi connectivity index (χ3n) is 9.24. The topological polar surface area (TPSA) is 33.3 Å². The Kier molecular flexibility index (Phi) is 5.02. The van der Waals surface area contributed by atoms with Crippen LogP contribution in [0.25, 0.3) is 11.1 Å². The Morgan fingerprint density at radius 1 is 0.500 bits per heavy atom. The first-order valence-corrected chi connectivity index (χ1v) is 14.6. The van der Waals surface area contributed by atoms with E-state index in [1.54, 1.807) is 0 Å².